The number of carbonyl (C=O) groups excluding carboxylic acids is 2. The van der Waals surface area contributed by atoms with Crippen molar-refractivity contribution in [2.75, 3.05) is 7.05 Å². The molecule has 2 aromatic heterocycles. The lowest BCUT2D eigenvalue weighted by atomic mass is 10.1. The lowest BCUT2D eigenvalue weighted by Crippen LogP contribution is -2.24. The molecule has 0 atom stereocenters. The Hall–Kier alpha value is -3.85. The Balaban J connectivity index is 1.39. The first-order valence-corrected chi connectivity index (χ1v) is 11.0. The van der Waals surface area contributed by atoms with Gasteiger partial charge in [-0.1, -0.05) is 30.3 Å². The molecule has 0 N–H and O–H groups in total. The Bertz CT molecular complexity index is 1380. The van der Waals surface area contributed by atoms with Gasteiger partial charge in [0.15, 0.2) is 0 Å². The number of aromatic nitrogens is 2. The predicted octanol–water partition coefficient (Wildman–Crippen LogP) is 5.78. The largest absolute Gasteiger partial charge is 0.455 e. The van der Waals surface area contributed by atoms with Gasteiger partial charge in [0.05, 0.1) is 15.9 Å². The molecule has 0 bridgehead atoms. The number of Topliss-reactive ketones (excluding diaryl/α,β-unsaturated/α-hetero) is 1. The molecule has 0 aliphatic rings. The second kappa shape index (κ2) is 9.56. The summed E-state index contributed by atoms with van der Waals surface area (Å²) in [5, 5.41) is 0. The number of amides is 1. The summed E-state index contributed by atoms with van der Waals surface area (Å²) >= 11 is 0.794. The molecule has 0 saturated heterocycles. The summed E-state index contributed by atoms with van der Waals surface area (Å²) < 4.78 is 37.8. The molecule has 0 spiro atoms. The molecule has 9 heteroatoms. The van der Waals surface area contributed by atoms with Gasteiger partial charge in [0.25, 0.3) is 5.78 Å². The first-order valence-electron chi connectivity index (χ1n) is 10.2. The molecule has 0 saturated carbocycles. The average molecular weight is 481 g/mol. The van der Waals surface area contributed by atoms with Crippen LogP contribution in [0.15, 0.2) is 73.1 Å². The Morgan fingerprint density at radius 2 is 1.68 bits per heavy atom. The maximum absolute atomic E-state index is 12.6. The topological polar surface area (TPSA) is 63.2 Å². The molecule has 0 aliphatic carbocycles. The van der Waals surface area contributed by atoms with E-state index in [1.165, 1.54) is 18.2 Å². The molecule has 34 heavy (non-hydrogen) atoms. The fourth-order valence-electron chi connectivity index (χ4n) is 3.27. The van der Waals surface area contributed by atoms with Crippen molar-refractivity contribution >= 4 is 40.1 Å². The van der Waals surface area contributed by atoms with Crippen LogP contribution in [0.25, 0.3) is 27.6 Å². The number of carbonyl (C=O) groups is 2. The Morgan fingerprint density at radius 1 is 0.971 bits per heavy atom. The van der Waals surface area contributed by atoms with Gasteiger partial charge in [-0.15, -0.1) is 11.3 Å². The molecule has 4 rings (SSSR count). The number of fused-ring (bicyclic) bond motifs is 1. The van der Waals surface area contributed by atoms with Crippen LogP contribution in [-0.2, 0) is 11.3 Å². The highest BCUT2D eigenvalue weighted by Crippen LogP contribution is 2.32. The van der Waals surface area contributed by atoms with Crippen LogP contribution in [0.2, 0.25) is 0 Å². The number of likely N-dealkylation sites (N-methyl/N-ethyl adjacent to an activating group) is 1. The third-order valence-electron chi connectivity index (χ3n) is 5.03. The van der Waals surface area contributed by atoms with E-state index in [-0.39, 0.29) is 10.8 Å². The highest BCUT2D eigenvalue weighted by Gasteiger charge is 2.40. The number of benzene rings is 2. The maximum Gasteiger partial charge on any atom is 0.455 e. The van der Waals surface area contributed by atoms with Crippen molar-refractivity contribution in [3.8, 4) is 10.4 Å². The van der Waals surface area contributed by atoms with Crippen LogP contribution in [0.4, 0.5) is 13.2 Å². The lowest BCUT2D eigenvalue weighted by molar-refractivity contribution is -0.125. The van der Waals surface area contributed by atoms with Gasteiger partial charge in [-0.2, -0.15) is 13.2 Å². The number of ketones is 1. The van der Waals surface area contributed by atoms with E-state index in [2.05, 4.69) is 9.97 Å². The van der Waals surface area contributed by atoms with Crippen LogP contribution in [0, 0.1) is 0 Å². The number of hydrogen-bond acceptors (Lipinski definition) is 5. The molecular formula is C25H18F3N3O2S. The highest BCUT2D eigenvalue weighted by atomic mass is 32.1. The molecule has 0 unspecified atom stereocenters. The van der Waals surface area contributed by atoms with E-state index < -0.39 is 12.0 Å². The van der Waals surface area contributed by atoms with Crippen molar-refractivity contribution in [1.29, 1.82) is 0 Å². The first kappa shape index (κ1) is 23.3. The van der Waals surface area contributed by atoms with Crippen molar-refractivity contribution in [3.05, 3.63) is 89.1 Å². The molecule has 1 amide bonds. The zero-order valence-corrected chi connectivity index (χ0v) is 18.7. The monoisotopic (exact) mass is 481 g/mol. The van der Waals surface area contributed by atoms with Crippen LogP contribution >= 0.6 is 11.3 Å². The number of rotatable bonds is 6. The van der Waals surface area contributed by atoms with Crippen LogP contribution in [-0.4, -0.2) is 39.8 Å². The van der Waals surface area contributed by atoms with Gasteiger partial charge in [-0.3, -0.25) is 19.6 Å². The van der Waals surface area contributed by atoms with Crippen molar-refractivity contribution < 1.29 is 22.8 Å². The molecule has 172 valence electrons. The van der Waals surface area contributed by atoms with Crippen LogP contribution < -0.4 is 0 Å². The van der Waals surface area contributed by atoms with Gasteiger partial charge in [-0.05, 0) is 47.0 Å². The third kappa shape index (κ3) is 5.37. The molecule has 4 aromatic rings. The SMILES string of the molecule is CN(Cc1ccc2nccnc2c1)C(=O)/C=C/c1ccc(-c2ccc(C(=O)C(F)(F)F)s2)cc1. The average Bonchev–Trinajstić information content (AvgIpc) is 3.31. The Labute approximate surface area is 197 Å². The van der Waals surface area contributed by atoms with Gasteiger partial charge in [0.1, 0.15) is 0 Å². The standard InChI is InChI=1S/C25H18F3N3O2S/c1-31(15-17-4-8-19-20(14-17)30-13-12-29-19)23(32)11-5-16-2-6-18(7-3-16)21-9-10-22(34-21)24(33)25(26,27)28/h2-14H,15H2,1H3/b11-5+. The van der Waals surface area contributed by atoms with Gasteiger partial charge < -0.3 is 4.90 Å². The quantitative estimate of drug-likeness (QED) is 0.259. The van der Waals surface area contributed by atoms with E-state index in [9.17, 15) is 22.8 Å². The molecule has 0 aliphatic heterocycles. The van der Waals surface area contributed by atoms with Crippen molar-refractivity contribution in [1.82, 2.24) is 14.9 Å². The van der Waals surface area contributed by atoms with E-state index >= 15 is 0 Å². The molecular weight excluding hydrogens is 463 g/mol. The predicted molar refractivity (Wildman–Crippen MR) is 125 cm³/mol. The van der Waals surface area contributed by atoms with E-state index in [1.807, 2.05) is 18.2 Å². The highest BCUT2D eigenvalue weighted by molar-refractivity contribution is 7.17. The summed E-state index contributed by atoms with van der Waals surface area (Å²) in [5.41, 5.74) is 3.92. The minimum atomic E-state index is -4.89. The molecule has 0 fully saturated rings. The fraction of sp³-hybridized carbons (Fsp3) is 0.120. The number of nitrogens with zero attached hydrogens (tertiary/aromatic N) is 3. The van der Waals surface area contributed by atoms with Crippen LogP contribution in [0.3, 0.4) is 0 Å². The van der Waals surface area contributed by atoms with Crippen LogP contribution in [0.1, 0.15) is 20.8 Å². The third-order valence-corrected chi connectivity index (χ3v) is 6.16. The van der Waals surface area contributed by atoms with Gasteiger partial charge in [0, 0.05) is 36.9 Å². The second-order valence-electron chi connectivity index (χ2n) is 7.52. The number of halogens is 3. The summed E-state index contributed by atoms with van der Waals surface area (Å²) in [6, 6.07) is 15.3. The fourth-order valence-corrected chi connectivity index (χ4v) is 4.24. The van der Waals surface area contributed by atoms with Gasteiger partial charge in [0.2, 0.25) is 5.91 Å². The van der Waals surface area contributed by atoms with E-state index in [1.54, 1.807) is 54.7 Å². The molecule has 0 radical (unpaired) electrons. The Morgan fingerprint density at radius 3 is 2.38 bits per heavy atom. The zero-order valence-electron chi connectivity index (χ0n) is 17.9. The summed E-state index contributed by atoms with van der Waals surface area (Å²) in [6.45, 7) is 0.409. The summed E-state index contributed by atoms with van der Waals surface area (Å²) in [7, 11) is 1.70. The smallest absolute Gasteiger partial charge is 0.338 e. The van der Waals surface area contributed by atoms with E-state index in [0.717, 1.165) is 33.5 Å². The molecule has 2 aromatic carbocycles. The van der Waals surface area contributed by atoms with Gasteiger partial charge >= 0.3 is 6.18 Å². The number of hydrogen-bond donors (Lipinski definition) is 0. The Kier molecular flexibility index (Phi) is 6.56. The van der Waals surface area contributed by atoms with Crippen LogP contribution in [0.5, 0.6) is 0 Å². The van der Waals surface area contributed by atoms with Crippen molar-refractivity contribution in [3.63, 3.8) is 0 Å². The van der Waals surface area contributed by atoms with E-state index in [0.29, 0.717) is 17.0 Å². The molecule has 2 heterocycles. The van der Waals surface area contributed by atoms with E-state index in [4.69, 9.17) is 0 Å². The lowest BCUT2D eigenvalue weighted by Gasteiger charge is -2.15. The normalized spacial score (nSPS) is 11.8. The molecule has 5 nitrogen and oxygen atoms in total. The second-order valence-corrected chi connectivity index (χ2v) is 8.60. The van der Waals surface area contributed by atoms with Gasteiger partial charge in [-0.25, -0.2) is 0 Å². The maximum atomic E-state index is 12.6. The summed E-state index contributed by atoms with van der Waals surface area (Å²) in [6.07, 6.45) is 1.48. The first-order chi connectivity index (χ1) is 16.2. The van der Waals surface area contributed by atoms with Crippen molar-refractivity contribution in [2.45, 2.75) is 12.7 Å². The minimum Gasteiger partial charge on any atom is -0.338 e. The number of alkyl halides is 3. The minimum absolute atomic E-state index is 0.183. The number of thiophene rings is 1. The summed E-state index contributed by atoms with van der Waals surface area (Å²) in [5.74, 6) is -2.03. The summed E-state index contributed by atoms with van der Waals surface area (Å²) in [4.78, 5) is 34.2. The zero-order chi connectivity index (χ0) is 24.3. The van der Waals surface area contributed by atoms with Crippen molar-refractivity contribution in [2.24, 2.45) is 0 Å².